The first-order valence-electron chi connectivity index (χ1n) is 10.5. The molecule has 176 valence electrons. The summed E-state index contributed by atoms with van der Waals surface area (Å²) in [5, 5.41) is 10.6. The highest BCUT2D eigenvalue weighted by Gasteiger charge is 2.33. The van der Waals surface area contributed by atoms with E-state index in [4.69, 9.17) is 4.74 Å². The van der Waals surface area contributed by atoms with E-state index in [0.717, 1.165) is 5.01 Å². The first kappa shape index (κ1) is 23.2. The Balaban J connectivity index is 1.67. The van der Waals surface area contributed by atoms with Gasteiger partial charge in [0.1, 0.15) is 17.2 Å². The highest BCUT2D eigenvalue weighted by atomic mass is 16.6. The third kappa shape index (κ3) is 5.36. The van der Waals surface area contributed by atoms with Crippen molar-refractivity contribution in [2.75, 3.05) is 13.7 Å². The number of methoxy groups -OCH3 is 1. The van der Waals surface area contributed by atoms with Crippen molar-refractivity contribution in [1.82, 2.24) is 10.4 Å². The quantitative estimate of drug-likeness (QED) is 0.404. The number of phenolic OH excluding ortho intramolecular Hbond substituents is 1. The number of aliphatic imine (C=N–C) groups is 1. The molecule has 0 aliphatic carbocycles. The van der Waals surface area contributed by atoms with Crippen molar-refractivity contribution in [2.24, 2.45) is 4.99 Å². The molecule has 1 aliphatic heterocycles. The molecular formula is C26H21N3O6. The number of esters is 1. The van der Waals surface area contributed by atoms with Crippen LogP contribution < -0.4 is 10.2 Å². The molecule has 9 heteroatoms. The third-order valence-electron chi connectivity index (χ3n) is 5.02. The smallest absolute Gasteiger partial charge is 0.343 e. The molecule has 0 radical (unpaired) electrons. The van der Waals surface area contributed by atoms with Gasteiger partial charge in [0.05, 0.1) is 7.11 Å². The fourth-order valence-electron chi connectivity index (χ4n) is 3.25. The molecule has 2 amide bonds. The third-order valence-corrected chi connectivity index (χ3v) is 5.02. The number of hydrogen-bond acceptors (Lipinski definition) is 7. The Kier molecular flexibility index (Phi) is 6.87. The zero-order valence-electron chi connectivity index (χ0n) is 18.7. The Morgan fingerprint density at radius 1 is 1.00 bits per heavy atom. The lowest BCUT2D eigenvalue weighted by Gasteiger charge is -2.19. The molecule has 0 aromatic heterocycles. The van der Waals surface area contributed by atoms with Crippen LogP contribution in [0.3, 0.4) is 0 Å². The van der Waals surface area contributed by atoms with E-state index in [2.05, 4.69) is 15.2 Å². The maximum atomic E-state index is 13.3. The van der Waals surface area contributed by atoms with Crippen LogP contribution in [0.1, 0.15) is 21.5 Å². The number of hydrazine groups is 1. The van der Waals surface area contributed by atoms with E-state index in [0.29, 0.717) is 16.9 Å². The van der Waals surface area contributed by atoms with Gasteiger partial charge in [-0.3, -0.25) is 15.0 Å². The minimum Gasteiger partial charge on any atom is -0.508 e. The van der Waals surface area contributed by atoms with E-state index in [1.165, 1.54) is 37.5 Å². The van der Waals surface area contributed by atoms with Crippen molar-refractivity contribution in [3.63, 3.8) is 0 Å². The number of carbonyl (C=O) groups is 3. The minimum absolute atomic E-state index is 0.0173. The molecule has 1 aliphatic rings. The number of nitrogens with one attached hydrogen (secondary N) is 1. The predicted octanol–water partition coefficient (Wildman–Crippen LogP) is 2.92. The Morgan fingerprint density at radius 2 is 1.69 bits per heavy atom. The molecule has 2 N–H and O–H groups in total. The van der Waals surface area contributed by atoms with E-state index in [1.54, 1.807) is 48.5 Å². The summed E-state index contributed by atoms with van der Waals surface area (Å²) in [7, 11) is 1.26. The van der Waals surface area contributed by atoms with Crippen molar-refractivity contribution in [1.29, 1.82) is 0 Å². The van der Waals surface area contributed by atoms with E-state index in [9.17, 15) is 19.5 Å². The van der Waals surface area contributed by atoms with Crippen LogP contribution in [0.4, 0.5) is 0 Å². The molecule has 0 atom stereocenters. The van der Waals surface area contributed by atoms with Gasteiger partial charge in [-0.25, -0.2) is 9.79 Å². The number of ether oxygens (including phenoxy) is 2. The van der Waals surface area contributed by atoms with Crippen LogP contribution in [-0.4, -0.2) is 47.5 Å². The van der Waals surface area contributed by atoms with Gasteiger partial charge in [0.25, 0.3) is 11.8 Å². The number of amides is 2. The maximum Gasteiger partial charge on any atom is 0.343 e. The molecule has 0 spiro atoms. The number of carbonyl (C=O) groups excluding carboxylic acids is 3. The van der Waals surface area contributed by atoms with Crippen LogP contribution >= 0.6 is 0 Å². The number of aromatic hydroxyl groups is 1. The van der Waals surface area contributed by atoms with Crippen molar-refractivity contribution < 1.29 is 29.0 Å². The lowest BCUT2D eigenvalue weighted by atomic mass is 10.1. The van der Waals surface area contributed by atoms with Crippen molar-refractivity contribution in [3.8, 4) is 11.5 Å². The van der Waals surface area contributed by atoms with Crippen molar-refractivity contribution >= 4 is 29.7 Å². The summed E-state index contributed by atoms with van der Waals surface area (Å²) in [6, 6.07) is 21.4. The topological polar surface area (TPSA) is 118 Å². The van der Waals surface area contributed by atoms with Crippen LogP contribution in [0.5, 0.6) is 11.5 Å². The number of para-hydroxylation sites is 1. The second kappa shape index (κ2) is 10.3. The molecule has 0 saturated heterocycles. The van der Waals surface area contributed by atoms with Gasteiger partial charge in [-0.05, 0) is 36.4 Å². The van der Waals surface area contributed by atoms with Gasteiger partial charge in [0.15, 0.2) is 12.4 Å². The molecule has 35 heavy (non-hydrogen) atoms. The van der Waals surface area contributed by atoms with Crippen molar-refractivity contribution in [3.05, 3.63) is 101 Å². The summed E-state index contributed by atoms with van der Waals surface area (Å²) < 4.78 is 10.1. The summed E-state index contributed by atoms with van der Waals surface area (Å²) in [6.07, 6.45) is 1.52. The lowest BCUT2D eigenvalue weighted by Crippen LogP contribution is -2.47. The number of benzene rings is 3. The van der Waals surface area contributed by atoms with Gasteiger partial charge in [0.2, 0.25) is 0 Å². The van der Waals surface area contributed by atoms with Crippen LogP contribution in [0.2, 0.25) is 0 Å². The van der Waals surface area contributed by atoms with Crippen LogP contribution in [-0.2, 0) is 14.3 Å². The zero-order valence-corrected chi connectivity index (χ0v) is 18.7. The van der Waals surface area contributed by atoms with Gasteiger partial charge in [-0.15, -0.1) is 0 Å². The first-order valence-corrected chi connectivity index (χ1v) is 10.5. The van der Waals surface area contributed by atoms with Crippen LogP contribution in [0, 0.1) is 0 Å². The standard InChI is InChI=1S/C26H21N3O6/c1-34-23(31)16-35-22-10-6-5-9-19(22)15-21-26(33)29(24(27-21)17-7-3-2-4-8-17)28-25(32)18-11-13-20(30)14-12-18/h2-15,30H,16H2,1H3,(H,28,32)/b21-15+. The minimum atomic E-state index is -0.557. The van der Waals surface area contributed by atoms with Gasteiger partial charge >= 0.3 is 5.97 Å². The van der Waals surface area contributed by atoms with Gasteiger partial charge < -0.3 is 14.6 Å². The molecule has 9 nitrogen and oxygen atoms in total. The molecular weight excluding hydrogens is 450 g/mol. The van der Waals surface area contributed by atoms with E-state index < -0.39 is 17.8 Å². The molecule has 4 rings (SSSR count). The number of rotatable bonds is 7. The van der Waals surface area contributed by atoms with Gasteiger partial charge in [-0.1, -0.05) is 48.5 Å². The lowest BCUT2D eigenvalue weighted by molar-refractivity contribution is -0.142. The maximum absolute atomic E-state index is 13.3. The molecule has 0 saturated carbocycles. The monoisotopic (exact) mass is 471 g/mol. The Labute approximate surface area is 200 Å². The molecule has 1 heterocycles. The highest BCUT2D eigenvalue weighted by molar-refractivity contribution is 6.20. The van der Waals surface area contributed by atoms with Gasteiger partial charge in [-0.2, -0.15) is 5.01 Å². The van der Waals surface area contributed by atoms with E-state index >= 15 is 0 Å². The normalized spacial score (nSPS) is 14.0. The predicted molar refractivity (Wildman–Crippen MR) is 127 cm³/mol. The number of hydrogen-bond donors (Lipinski definition) is 2. The second-order valence-corrected chi connectivity index (χ2v) is 7.36. The SMILES string of the molecule is COC(=O)COc1ccccc1/C=C1/N=C(c2ccccc2)N(NC(=O)c2ccc(O)cc2)C1=O. The summed E-state index contributed by atoms with van der Waals surface area (Å²) in [5.74, 6) is -1.03. The number of amidine groups is 1. The molecule has 3 aromatic rings. The summed E-state index contributed by atoms with van der Waals surface area (Å²) in [6.45, 7) is -0.294. The second-order valence-electron chi connectivity index (χ2n) is 7.36. The average Bonchev–Trinajstić information content (AvgIpc) is 3.18. The molecule has 3 aromatic carbocycles. The number of nitrogens with zero attached hydrogens (tertiary/aromatic N) is 2. The molecule has 0 unspecified atom stereocenters. The molecule has 0 bridgehead atoms. The van der Waals surface area contributed by atoms with Crippen LogP contribution in [0.15, 0.2) is 89.6 Å². The Bertz CT molecular complexity index is 1320. The van der Waals surface area contributed by atoms with Crippen LogP contribution in [0.25, 0.3) is 6.08 Å². The fourth-order valence-corrected chi connectivity index (χ4v) is 3.25. The first-order chi connectivity index (χ1) is 17.0. The Hall–Kier alpha value is -4.92. The van der Waals surface area contributed by atoms with E-state index in [-0.39, 0.29) is 29.5 Å². The van der Waals surface area contributed by atoms with Gasteiger partial charge in [0, 0.05) is 16.7 Å². The highest BCUT2D eigenvalue weighted by Crippen LogP contribution is 2.26. The van der Waals surface area contributed by atoms with Crippen molar-refractivity contribution in [2.45, 2.75) is 0 Å². The van der Waals surface area contributed by atoms with E-state index in [1.807, 2.05) is 6.07 Å². The summed E-state index contributed by atoms with van der Waals surface area (Å²) in [4.78, 5) is 42.1. The molecule has 0 fully saturated rings. The zero-order chi connectivity index (χ0) is 24.8. The summed E-state index contributed by atoms with van der Waals surface area (Å²) >= 11 is 0. The summed E-state index contributed by atoms with van der Waals surface area (Å²) in [5.41, 5.74) is 4.03. The number of phenols is 1. The fraction of sp³-hybridized carbons (Fsp3) is 0.0769. The largest absolute Gasteiger partial charge is 0.508 e. The Morgan fingerprint density at radius 3 is 2.40 bits per heavy atom. The average molecular weight is 471 g/mol.